The topological polar surface area (TPSA) is 40.5 Å². The average Bonchev–Trinajstić information content (AvgIpc) is 2.45. The molecule has 0 amide bonds. The van der Waals surface area contributed by atoms with Gasteiger partial charge in [-0.15, -0.1) is 5.11 Å². The van der Waals surface area contributed by atoms with E-state index in [1.165, 1.54) is 0 Å². The molecular weight excluding hydrogens is 293 g/mol. The SMILES string of the molecule is [B]C([B])([B])C1=CC(c2c(O)cc(CCC)cc2O)C(C(=C)C)CC1. The highest BCUT2D eigenvalue weighted by Crippen LogP contribution is 2.48. The molecule has 5 heteroatoms. The highest BCUT2D eigenvalue weighted by molar-refractivity contribution is 6.61. The second-order valence-corrected chi connectivity index (χ2v) is 6.94. The molecule has 2 N–H and O–H groups in total. The van der Waals surface area contributed by atoms with Crippen LogP contribution in [0.4, 0.5) is 0 Å². The third-order valence-corrected chi connectivity index (χ3v) is 4.80. The zero-order valence-electron chi connectivity index (χ0n) is 14.5. The zero-order chi connectivity index (χ0) is 18.1. The highest BCUT2D eigenvalue weighted by atomic mass is 16.3. The number of phenolic OH excluding ortho intramolecular Hbond substituents is 2. The normalized spacial score (nSPS) is 21.3. The summed E-state index contributed by atoms with van der Waals surface area (Å²) in [6, 6.07) is 3.44. The molecule has 0 aromatic heterocycles. The van der Waals surface area contributed by atoms with Gasteiger partial charge in [0.2, 0.25) is 0 Å². The fourth-order valence-electron chi connectivity index (χ4n) is 3.56. The molecule has 2 rings (SSSR count). The van der Waals surface area contributed by atoms with Crippen LogP contribution in [0.1, 0.15) is 50.2 Å². The molecule has 2 unspecified atom stereocenters. The molecule has 24 heavy (non-hydrogen) atoms. The Morgan fingerprint density at radius 3 is 2.29 bits per heavy atom. The summed E-state index contributed by atoms with van der Waals surface area (Å²) in [7, 11) is 17.6. The van der Waals surface area contributed by atoms with Crippen LogP contribution in [0.2, 0.25) is 5.11 Å². The van der Waals surface area contributed by atoms with Crippen LogP contribution in [-0.4, -0.2) is 33.8 Å². The van der Waals surface area contributed by atoms with Gasteiger partial charge in [-0.3, -0.25) is 0 Å². The molecule has 0 aliphatic heterocycles. The lowest BCUT2D eigenvalue weighted by Gasteiger charge is -2.37. The van der Waals surface area contributed by atoms with Gasteiger partial charge in [0.1, 0.15) is 11.5 Å². The third kappa shape index (κ3) is 3.93. The molecule has 0 heterocycles. The van der Waals surface area contributed by atoms with Crippen LogP contribution in [-0.2, 0) is 6.42 Å². The molecule has 2 nitrogen and oxygen atoms in total. The molecule has 0 spiro atoms. The molecule has 0 fully saturated rings. The molecular formula is C19H23B3O2. The largest absolute Gasteiger partial charge is 0.507 e. The van der Waals surface area contributed by atoms with Gasteiger partial charge in [0.05, 0.1) is 23.5 Å². The number of allylic oxidation sites excluding steroid dienone is 3. The first-order chi connectivity index (χ1) is 11.1. The van der Waals surface area contributed by atoms with Crippen molar-refractivity contribution in [3.05, 3.63) is 47.1 Å². The van der Waals surface area contributed by atoms with Gasteiger partial charge in [0, 0.05) is 11.5 Å². The molecule has 1 aliphatic carbocycles. The molecule has 120 valence electrons. The first-order valence-corrected chi connectivity index (χ1v) is 8.43. The van der Waals surface area contributed by atoms with Gasteiger partial charge < -0.3 is 10.2 Å². The van der Waals surface area contributed by atoms with Crippen LogP contribution in [0.25, 0.3) is 0 Å². The number of hydrogen-bond acceptors (Lipinski definition) is 2. The third-order valence-electron chi connectivity index (χ3n) is 4.80. The summed E-state index contributed by atoms with van der Waals surface area (Å²) in [5.74, 6) is 0.00889. The van der Waals surface area contributed by atoms with Gasteiger partial charge in [-0.25, -0.2) is 0 Å². The lowest BCUT2D eigenvalue weighted by Crippen LogP contribution is -2.24. The van der Waals surface area contributed by atoms with Crippen molar-refractivity contribution >= 4 is 23.5 Å². The van der Waals surface area contributed by atoms with E-state index in [0.717, 1.165) is 36.0 Å². The summed E-state index contributed by atoms with van der Waals surface area (Å²) in [6.45, 7) is 8.07. The van der Waals surface area contributed by atoms with Gasteiger partial charge in [0.15, 0.2) is 0 Å². The highest BCUT2D eigenvalue weighted by Gasteiger charge is 2.33. The maximum atomic E-state index is 10.5. The zero-order valence-corrected chi connectivity index (χ0v) is 14.5. The molecule has 1 aliphatic rings. The fourth-order valence-corrected chi connectivity index (χ4v) is 3.56. The molecule has 0 saturated heterocycles. The molecule has 6 radical (unpaired) electrons. The quantitative estimate of drug-likeness (QED) is 0.643. The van der Waals surface area contributed by atoms with E-state index in [0.29, 0.717) is 12.0 Å². The van der Waals surface area contributed by atoms with Crippen LogP contribution in [0.15, 0.2) is 35.9 Å². The maximum absolute atomic E-state index is 10.5. The molecule has 0 bridgehead atoms. The maximum Gasteiger partial charge on any atom is 0.123 e. The van der Waals surface area contributed by atoms with Crippen LogP contribution in [0.3, 0.4) is 0 Å². The number of rotatable bonds is 5. The smallest absolute Gasteiger partial charge is 0.123 e. The Labute approximate surface area is 149 Å². The van der Waals surface area contributed by atoms with E-state index >= 15 is 0 Å². The predicted octanol–water partition coefficient (Wildman–Crippen LogP) is 3.63. The first-order valence-electron chi connectivity index (χ1n) is 8.43. The van der Waals surface area contributed by atoms with Crippen LogP contribution < -0.4 is 0 Å². The van der Waals surface area contributed by atoms with E-state index < -0.39 is 5.11 Å². The summed E-state index contributed by atoms with van der Waals surface area (Å²) in [5.41, 5.74) is 3.11. The van der Waals surface area contributed by atoms with E-state index in [1.807, 2.05) is 13.0 Å². The molecule has 0 saturated carbocycles. The summed E-state index contributed by atoms with van der Waals surface area (Å²) < 4.78 is 0. The van der Waals surface area contributed by atoms with Crippen molar-refractivity contribution in [2.45, 2.75) is 50.6 Å². The second kappa shape index (κ2) is 7.17. The van der Waals surface area contributed by atoms with E-state index in [2.05, 4.69) is 13.5 Å². The Morgan fingerprint density at radius 2 is 1.83 bits per heavy atom. The van der Waals surface area contributed by atoms with E-state index in [1.54, 1.807) is 12.1 Å². The summed E-state index contributed by atoms with van der Waals surface area (Å²) in [5, 5.41) is 19.7. The Kier molecular flexibility index (Phi) is 5.62. The van der Waals surface area contributed by atoms with Gasteiger partial charge in [-0.1, -0.05) is 37.1 Å². The van der Waals surface area contributed by atoms with Crippen LogP contribution in [0.5, 0.6) is 11.5 Å². The van der Waals surface area contributed by atoms with E-state index in [-0.39, 0.29) is 23.3 Å². The van der Waals surface area contributed by atoms with Gasteiger partial charge in [0.25, 0.3) is 0 Å². The minimum atomic E-state index is -1.40. The number of aryl methyl sites for hydroxylation is 1. The average molecular weight is 316 g/mol. The summed E-state index contributed by atoms with van der Waals surface area (Å²) >= 11 is 0. The fraction of sp³-hybridized carbons (Fsp3) is 0.474. The van der Waals surface area contributed by atoms with E-state index in [9.17, 15) is 10.2 Å². The molecule has 1 aromatic carbocycles. The van der Waals surface area contributed by atoms with Gasteiger partial charge in [-0.2, -0.15) is 0 Å². The molecule has 2 atom stereocenters. The minimum Gasteiger partial charge on any atom is -0.507 e. The Hall–Kier alpha value is -1.51. The van der Waals surface area contributed by atoms with Crippen molar-refractivity contribution in [2.75, 3.05) is 0 Å². The standard InChI is InChI=1S/C19H23B3O2/c1-4-5-12-8-16(23)18(17(24)9-12)15-10-13(19(20,21)22)6-7-14(15)11(2)3/h8-10,14-15,23-24H,2,4-7H2,1,3H3. The van der Waals surface area contributed by atoms with Gasteiger partial charge in [-0.05, 0) is 49.8 Å². The number of aromatic hydroxyl groups is 2. The van der Waals surface area contributed by atoms with E-state index in [4.69, 9.17) is 23.5 Å². The minimum absolute atomic E-state index is 0.0869. The Bertz CT molecular complexity index is 636. The summed E-state index contributed by atoms with van der Waals surface area (Å²) in [6.07, 6.45) is 5.07. The Morgan fingerprint density at radius 1 is 1.25 bits per heavy atom. The molecule has 1 aromatic rings. The van der Waals surface area contributed by atoms with Crippen molar-refractivity contribution < 1.29 is 10.2 Å². The van der Waals surface area contributed by atoms with Crippen LogP contribution >= 0.6 is 0 Å². The predicted molar refractivity (Wildman–Crippen MR) is 102 cm³/mol. The second-order valence-electron chi connectivity index (χ2n) is 6.94. The van der Waals surface area contributed by atoms with Crippen LogP contribution in [0, 0.1) is 5.92 Å². The van der Waals surface area contributed by atoms with Gasteiger partial charge >= 0.3 is 0 Å². The van der Waals surface area contributed by atoms with Crippen molar-refractivity contribution in [1.29, 1.82) is 0 Å². The number of phenols is 2. The van der Waals surface area contributed by atoms with Crippen molar-refractivity contribution in [3.63, 3.8) is 0 Å². The summed E-state index contributed by atoms with van der Waals surface area (Å²) in [4.78, 5) is 0. The van der Waals surface area contributed by atoms with Crippen molar-refractivity contribution in [1.82, 2.24) is 0 Å². The van der Waals surface area contributed by atoms with Crippen molar-refractivity contribution in [2.24, 2.45) is 5.92 Å². The number of benzene rings is 1. The lowest BCUT2D eigenvalue weighted by atomic mass is 9.38. The number of hydrogen-bond donors (Lipinski definition) is 2. The monoisotopic (exact) mass is 316 g/mol. The Balaban J connectivity index is 2.54. The first kappa shape index (κ1) is 18.8. The van der Waals surface area contributed by atoms with Crippen molar-refractivity contribution in [3.8, 4) is 11.5 Å². The lowest BCUT2D eigenvalue weighted by molar-refractivity contribution is 0.405.